The summed E-state index contributed by atoms with van der Waals surface area (Å²) >= 11 is 0. The predicted molar refractivity (Wildman–Crippen MR) is 75.3 cm³/mol. The summed E-state index contributed by atoms with van der Waals surface area (Å²) in [6.45, 7) is 0.187. The highest BCUT2D eigenvalue weighted by Gasteiger charge is 2.09. The van der Waals surface area contributed by atoms with Gasteiger partial charge in [-0.1, -0.05) is 18.2 Å². The third kappa shape index (κ3) is 3.37. The van der Waals surface area contributed by atoms with Crippen molar-refractivity contribution in [1.82, 2.24) is 5.32 Å². The van der Waals surface area contributed by atoms with E-state index in [4.69, 9.17) is 10.00 Å². The van der Waals surface area contributed by atoms with E-state index in [0.29, 0.717) is 5.56 Å². The molecule has 106 valence electrons. The fourth-order valence-corrected chi connectivity index (χ4v) is 1.79. The Morgan fingerprint density at radius 1 is 1.29 bits per heavy atom. The lowest BCUT2D eigenvalue weighted by Crippen LogP contribution is -2.17. The van der Waals surface area contributed by atoms with E-state index in [9.17, 15) is 9.18 Å². The molecule has 0 spiro atoms. The minimum absolute atomic E-state index is 0.112. The van der Waals surface area contributed by atoms with Crippen LogP contribution in [0.4, 0.5) is 4.39 Å². The second-order valence-corrected chi connectivity index (χ2v) is 4.29. The van der Waals surface area contributed by atoms with E-state index in [0.717, 1.165) is 5.56 Å². The molecule has 0 radical (unpaired) electrons. The van der Waals surface area contributed by atoms with Crippen molar-refractivity contribution in [3.8, 4) is 11.8 Å². The molecule has 2 aromatic carbocycles. The van der Waals surface area contributed by atoms with Crippen LogP contribution in [0.15, 0.2) is 42.5 Å². The largest absolute Gasteiger partial charge is 0.487 e. The quantitative estimate of drug-likeness (QED) is 0.938. The Balaban J connectivity index is 2.09. The van der Waals surface area contributed by atoms with Gasteiger partial charge in [-0.2, -0.15) is 5.26 Å². The third-order valence-electron chi connectivity index (χ3n) is 2.92. The van der Waals surface area contributed by atoms with Crippen LogP contribution in [-0.4, -0.2) is 13.0 Å². The van der Waals surface area contributed by atoms with Gasteiger partial charge in [0.15, 0.2) is 0 Å². The average Bonchev–Trinajstić information content (AvgIpc) is 2.52. The SMILES string of the molecule is CNC(=O)c1ccc(COc2cccc(F)c2C#N)cc1. The van der Waals surface area contributed by atoms with Gasteiger partial charge in [0, 0.05) is 12.6 Å². The number of hydrogen-bond acceptors (Lipinski definition) is 3. The molecule has 0 aliphatic carbocycles. The van der Waals surface area contributed by atoms with E-state index in [-0.39, 0.29) is 23.8 Å². The first-order valence-corrected chi connectivity index (χ1v) is 6.28. The third-order valence-corrected chi connectivity index (χ3v) is 2.92. The Hall–Kier alpha value is -2.87. The summed E-state index contributed by atoms with van der Waals surface area (Å²) in [4.78, 5) is 11.4. The van der Waals surface area contributed by atoms with Gasteiger partial charge in [-0.05, 0) is 29.8 Å². The molecule has 0 saturated heterocycles. The summed E-state index contributed by atoms with van der Waals surface area (Å²) in [5.41, 5.74) is 1.25. The number of carbonyl (C=O) groups is 1. The summed E-state index contributed by atoms with van der Waals surface area (Å²) in [6.07, 6.45) is 0. The Kier molecular flexibility index (Phi) is 4.52. The number of nitrogens with one attached hydrogen (secondary N) is 1. The van der Waals surface area contributed by atoms with Crippen LogP contribution in [0.1, 0.15) is 21.5 Å². The monoisotopic (exact) mass is 284 g/mol. The van der Waals surface area contributed by atoms with Gasteiger partial charge < -0.3 is 10.1 Å². The van der Waals surface area contributed by atoms with Gasteiger partial charge in [-0.25, -0.2) is 4.39 Å². The van der Waals surface area contributed by atoms with Gasteiger partial charge in [0.05, 0.1) is 0 Å². The van der Waals surface area contributed by atoms with Crippen LogP contribution in [0.5, 0.6) is 5.75 Å². The van der Waals surface area contributed by atoms with E-state index in [2.05, 4.69) is 5.32 Å². The lowest BCUT2D eigenvalue weighted by atomic mass is 10.1. The van der Waals surface area contributed by atoms with Crippen molar-refractivity contribution >= 4 is 5.91 Å². The molecule has 0 fully saturated rings. The number of hydrogen-bond donors (Lipinski definition) is 1. The molecule has 0 saturated carbocycles. The van der Waals surface area contributed by atoms with Crippen LogP contribution in [0.3, 0.4) is 0 Å². The van der Waals surface area contributed by atoms with Gasteiger partial charge in [0.2, 0.25) is 0 Å². The van der Waals surface area contributed by atoms with Gasteiger partial charge in [-0.3, -0.25) is 4.79 Å². The second kappa shape index (κ2) is 6.53. The molecule has 0 atom stereocenters. The van der Waals surface area contributed by atoms with Crippen molar-refractivity contribution in [1.29, 1.82) is 5.26 Å². The minimum Gasteiger partial charge on any atom is -0.487 e. The van der Waals surface area contributed by atoms with E-state index in [1.54, 1.807) is 43.4 Å². The Morgan fingerprint density at radius 2 is 2.00 bits per heavy atom. The zero-order valence-corrected chi connectivity index (χ0v) is 11.4. The van der Waals surface area contributed by atoms with E-state index < -0.39 is 5.82 Å². The fourth-order valence-electron chi connectivity index (χ4n) is 1.79. The average molecular weight is 284 g/mol. The molecule has 0 unspecified atom stereocenters. The lowest BCUT2D eigenvalue weighted by molar-refractivity contribution is 0.0963. The number of halogens is 1. The van der Waals surface area contributed by atoms with Crippen LogP contribution in [0, 0.1) is 17.1 Å². The van der Waals surface area contributed by atoms with Gasteiger partial charge in [0.1, 0.15) is 29.8 Å². The van der Waals surface area contributed by atoms with E-state index in [1.165, 1.54) is 12.1 Å². The molecule has 0 aliphatic rings. The summed E-state index contributed by atoms with van der Waals surface area (Å²) < 4.78 is 18.9. The zero-order chi connectivity index (χ0) is 15.2. The number of nitrogens with zero attached hydrogens (tertiary/aromatic N) is 1. The normalized spacial score (nSPS) is 9.76. The molecule has 21 heavy (non-hydrogen) atoms. The van der Waals surface area contributed by atoms with E-state index in [1.807, 2.05) is 0 Å². The number of ether oxygens (including phenoxy) is 1. The topological polar surface area (TPSA) is 62.1 Å². The van der Waals surface area contributed by atoms with Crippen molar-refractivity contribution in [2.24, 2.45) is 0 Å². The summed E-state index contributed by atoms with van der Waals surface area (Å²) in [7, 11) is 1.56. The predicted octanol–water partition coefficient (Wildman–Crippen LogP) is 2.64. The van der Waals surface area contributed by atoms with Crippen LogP contribution in [0.25, 0.3) is 0 Å². The van der Waals surface area contributed by atoms with Crippen molar-refractivity contribution in [2.75, 3.05) is 7.05 Å². The number of rotatable bonds is 4. The van der Waals surface area contributed by atoms with Crippen LogP contribution < -0.4 is 10.1 Å². The maximum atomic E-state index is 13.4. The highest BCUT2D eigenvalue weighted by molar-refractivity contribution is 5.93. The molecule has 2 rings (SSSR count). The molecular weight excluding hydrogens is 271 g/mol. The minimum atomic E-state index is -0.607. The van der Waals surface area contributed by atoms with Crippen LogP contribution >= 0.6 is 0 Å². The maximum absolute atomic E-state index is 13.4. The van der Waals surface area contributed by atoms with Crippen molar-refractivity contribution < 1.29 is 13.9 Å². The van der Waals surface area contributed by atoms with Gasteiger partial charge in [-0.15, -0.1) is 0 Å². The number of amides is 1. The number of nitriles is 1. The Bertz CT molecular complexity index is 690. The Labute approximate surface area is 121 Å². The summed E-state index contributed by atoms with van der Waals surface area (Å²) in [5, 5.41) is 11.4. The fraction of sp³-hybridized carbons (Fsp3) is 0.125. The molecule has 5 heteroatoms. The number of carbonyl (C=O) groups excluding carboxylic acids is 1. The molecule has 0 heterocycles. The Morgan fingerprint density at radius 3 is 2.62 bits per heavy atom. The molecule has 1 amide bonds. The first-order chi connectivity index (χ1) is 10.2. The van der Waals surface area contributed by atoms with Crippen LogP contribution in [0.2, 0.25) is 0 Å². The first kappa shape index (κ1) is 14.5. The number of benzene rings is 2. The first-order valence-electron chi connectivity index (χ1n) is 6.28. The second-order valence-electron chi connectivity index (χ2n) is 4.29. The highest BCUT2D eigenvalue weighted by Crippen LogP contribution is 2.21. The van der Waals surface area contributed by atoms with Gasteiger partial charge in [0.25, 0.3) is 5.91 Å². The molecule has 4 nitrogen and oxygen atoms in total. The highest BCUT2D eigenvalue weighted by atomic mass is 19.1. The van der Waals surface area contributed by atoms with Crippen molar-refractivity contribution in [2.45, 2.75) is 6.61 Å². The molecule has 2 aromatic rings. The van der Waals surface area contributed by atoms with Gasteiger partial charge >= 0.3 is 0 Å². The molecule has 1 N–H and O–H groups in total. The lowest BCUT2D eigenvalue weighted by Gasteiger charge is -2.08. The summed E-state index contributed by atoms with van der Waals surface area (Å²) in [5.74, 6) is -0.572. The van der Waals surface area contributed by atoms with Crippen LogP contribution in [-0.2, 0) is 6.61 Å². The molecule has 0 aliphatic heterocycles. The summed E-state index contributed by atoms with van der Waals surface area (Å²) in [6, 6.07) is 12.9. The maximum Gasteiger partial charge on any atom is 0.251 e. The molecular formula is C16H13FN2O2. The molecule has 0 bridgehead atoms. The molecule has 0 aromatic heterocycles. The van der Waals surface area contributed by atoms with Crippen molar-refractivity contribution in [3.05, 3.63) is 65.0 Å². The van der Waals surface area contributed by atoms with Crippen molar-refractivity contribution in [3.63, 3.8) is 0 Å². The standard InChI is InChI=1S/C16H13FN2O2/c1-19-16(20)12-7-5-11(6-8-12)10-21-15-4-2-3-14(17)13(15)9-18/h2-8H,10H2,1H3,(H,19,20). The van der Waals surface area contributed by atoms with E-state index >= 15 is 0 Å². The zero-order valence-electron chi connectivity index (χ0n) is 11.4. The smallest absolute Gasteiger partial charge is 0.251 e.